The molecule has 3 aliphatic heterocycles. The van der Waals surface area contributed by atoms with E-state index in [-0.39, 0.29) is 6.61 Å². The Bertz CT molecular complexity index is 793. The van der Waals surface area contributed by atoms with Gasteiger partial charge in [0.05, 0.1) is 12.8 Å². The van der Waals surface area contributed by atoms with Crippen molar-refractivity contribution in [2.45, 2.75) is 44.7 Å². The lowest BCUT2D eigenvalue weighted by Crippen LogP contribution is -2.64. The Balaban J connectivity index is 1.42. The van der Waals surface area contributed by atoms with Crippen molar-refractivity contribution < 1.29 is 5.11 Å². The first kappa shape index (κ1) is 17.1. The van der Waals surface area contributed by atoms with E-state index in [1.54, 1.807) is 6.33 Å². The van der Waals surface area contributed by atoms with Crippen LogP contribution >= 0.6 is 0 Å². The number of hydrogen-bond acceptors (Lipinski definition) is 6. The van der Waals surface area contributed by atoms with Gasteiger partial charge in [0.15, 0.2) is 5.82 Å². The second-order valence-corrected chi connectivity index (χ2v) is 8.41. The minimum atomic E-state index is 0.267. The zero-order valence-corrected chi connectivity index (χ0v) is 15.9. The van der Waals surface area contributed by atoms with Gasteiger partial charge in [-0.2, -0.15) is 5.10 Å². The number of hydrogen-bond donors (Lipinski definition) is 1. The van der Waals surface area contributed by atoms with Crippen LogP contribution in [-0.2, 0) is 0 Å². The zero-order valence-electron chi connectivity index (χ0n) is 15.9. The predicted octanol–water partition coefficient (Wildman–Crippen LogP) is 1.64. The van der Waals surface area contributed by atoms with E-state index in [0.29, 0.717) is 23.9 Å². The lowest BCUT2D eigenvalue weighted by molar-refractivity contribution is -0.0518. The van der Waals surface area contributed by atoms with E-state index in [1.807, 2.05) is 30.1 Å². The minimum absolute atomic E-state index is 0.267. The molecule has 4 atom stereocenters. The van der Waals surface area contributed by atoms with Crippen molar-refractivity contribution in [3.05, 3.63) is 30.4 Å². The van der Waals surface area contributed by atoms with Crippen molar-refractivity contribution in [2.24, 2.45) is 11.8 Å². The van der Waals surface area contributed by atoms with Crippen LogP contribution in [0.3, 0.4) is 0 Å². The Kier molecular flexibility index (Phi) is 4.36. The van der Waals surface area contributed by atoms with Crippen LogP contribution in [0.1, 0.15) is 31.2 Å². The quantitative estimate of drug-likeness (QED) is 0.888. The van der Waals surface area contributed by atoms with Crippen LogP contribution < -0.4 is 4.90 Å². The Hall–Kier alpha value is -1.99. The number of aromatic nitrogens is 4. The highest BCUT2D eigenvalue weighted by atomic mass is 16.3. The molecule has 144 valence electrons. The van der Waals surface area contributed by atoms with Crippen molar-refractivity contribution in [2.75, 3.05) is 31.1 Å². The van der Waals surface area contributed by atoms with Gasteiger partial charge in [0.25, 0.3) is 0 Å². The fraction of sp³-hybridized carbons (Fsp3) is 0.650. The molecule has 0 amide bonds. The molecule has 2 aromatic rings. The van der Waals surface area contributed by atoms with Gasteiger partial charge in [-0.25, -0.2) is 14.6 Å². The average Bonchev–Trinajstić information content (AvgIpc) is 3.15. The first-order valence-electron chi connectivity index (χ1n) is 10.2. The monoisotopic (exact) mass is 368 g/mol. The number of piperidine rings is 3. The lowest BCUT2D eigenvalue weighted by atomic mass is 9.72. The number of aliphatic hydroxyl groups excluding tert-OH is 1. The summed E-state index contributed by atoms with van der Waals surface area (Å²) in [7, 11) is 0. The van der Waals surface area contributed by atoms with E-state index in [1.165, 1.54) is 25.7 Å². The summed E-state index contributed by atoms with van der Waals surface area (Å²) in [5.41, 5.74) is 1.12. The lowest BCUT2D eigenvalue weighted by Gasteiger charge is -2.56. The molecule has 3 saturated heterocycles. The molecule has 0 aromatic carbocycles. The topological polar surface area (TPSA) is 70.3 Å². The van der Waals surface area contributed by atoms with Crippen LogP contribution in [0.25, 0.3) is 5.82 Å². The number of aliphatic hydroxyl groups is 1. The van der Waals surface area contributed by atoms with Crippen molar-refractivity contribution >= 4 is 5.82 Å². The summed E-state index contributed by atoms with van der Waals surface area (Å²) in [5.74, 6) is 2.95. The molecule has 0 aliphatic carbocycles. The van der Waals surface area contributed by atoms with E-state index in [9.17, 15) is 5.11 Å². The molecule has 7 nitrogen and oxygen atoms in total. The van der Waals surface area contributed by atoms with Crippen molar-refractivity contribution in [3.63, 3.8) is 0 Å². The van der Waals surface area contributed by atoms with E-state index < -0.39 is 0 Å². The van der Waals surface area contributed by atoms with Gasteiger partial charge >= 0.3 is 0 Å². The summed E-state index contributed by atoms with van der Waals surface area (Å²) >= 11 is 0. The van der Waals surface area contributed by atoms with Gasteiger partial charge in [-0.15, -0.1) is 0 Å². The molecule has 0 saturated carbocycles. The zero-order chi connectivity index (χ0) is 18.4. The van der Waals surface area contributed by atoms with Gasteiger partial charge in [0, 0.05) is 37.4 Å². The van der Waals surface area contributed by atoms with Gasteiger partial charge in [-0.1, -0.05) is 6.42 Å². The maximum atomic E-state index is 10.1. The number of anilines is 1. The Labute approximate surface area is 160 Å². The molecule has 5 rings (SSSR count). The fourth-order valence-corrected chi connectivity index (χ4v) is 5.52. The summed E-state index contributed by atoms with van der Waals surface area (Å²) in [5, 5.41) is 14.5. The Morgan fingerprint density at radius 2 is 2.00 bits per heavy atom. The molecule has 5 heterocycles. The molecule has 2 aromatic heterocycles. The van der Waals surface area contributed by atoms with Crippen LogP contribution in [0.15, 0.2) is 24.8 Å². The first-order chi connectivity index (χ1) is 13.2. The van der Waals surface area contributed by atoms with E-state index in [0.717, 1.165) is 36.8 Å². The van der Waals surface area contributed by atoms with Crippen LogP contribution in [0, 0.1) is 18.8 Å². The van der Waals surface area contributed by atoms with Gasteiger partial charge in [0.2, 0.25) is 0 Å². The highest BCUT2D eigenvalue weighted by molar-refractivity contribution is 5.44. The summed E-state index contributed by atoms with van der Waals surface area (Å²) in [6.07, 6.45) is 10.6. The fourth-order valence-electron chi connectivity index (χ4n) is 5.52. The molecule has 0 radical (unpaired) electrons. The van der Waals surface area contributed by atoms with E-state index in [4.69, 9.17) is 0 Å². The van der Waals surface area contributed by atoms with Gasteiger partial charge in [-0.05, 0) is 50.1 Å². The number of rotatable bonds is 3. The minimum Gasteiger partial charge on any atom is -0.395 e. The number of aryl methyl sites for hydroxylation is 1. The third-order valence-electron chi connectivity index (χ3n) is 6.72. The second kappa shape index (κ2) is 6.87. The number of nitrogens with zero attached hydrogens (tertiary/aromatic N) is 6. The first-order valence-corrected chi connectivity index (χ1v) is 10.2. The molecule has 3 fully saturated rings. The normalized spacial score (nSPS) is 31.0. The van der Waals surface area contributed by atoms with Crippen LogP contribution in [-0.4, -0.2) is 68.1 Å². The third kappa shape index (κ3) is 3.02. The maximum absolute atomic E-state index is 10.1. The Morgan fingerprint density at radius 1 is 1.15 bits per heavy atom. The molecule has 3 aliphatic rings. The van der Waals surface area contributed by atoms with Gasteiger partial charge < -0.3 is 10.0 Å². The largest absolute Gasteiger partial charge is 0.395 e. The molecule has 0 unspecified atom stereocenters. The van der Waals surface area contributed by atoms with Crippen LogP contribution in [0.2, 0.25) is 0 Å². The van der Waals surface area contributed by atoms with Gasteiger partial charge in [0.1, 0.15) is 12.1 Å². The molecular formula is C20H28N6O. The molecule has 27 heavy (non-hydrogen) atoms. The summed E-state index contributed by atoms with van der Waals surface area (Å²) in [6.45, 7) is 5.45. The van der Waals surface area contributed by atoms with Crippen molar-refractivity contribution in [1.29, 1.82) is 0 Å². The summed E-state index contributed by atoms with van der Waals surface area (Å²) in [6, 6.07) is 2.95. The van der Waals surface area contributed by atoms with E-state index in [2.05, 4.69) is 24.9 Å². The van der Waals surface area contributed by atoms with Crippen molar-refractivity contribution in [1.82, 2.24) is 24.6 Å². The number of fused-ring (bicyclic) bond motifs is 4. The highest BCUT2D eigenvalue weighted by Crippen LogP contribution is 2.41. The average molecular weight is 368 g/mol. The van der Waals surface area contributed by atoms with Crippen LogP contribution in [0.4, 0.5) is 5.82 Å². The standard InChI is InChI=1S/C20H28N6O/c1-14-8-23-26(9-14)20-7-19(21-13-22-20)24-10-15-6-16(11-24)18(12-27)25-5-3-2-4-17(15)25/h7-9,13,15-18,27H,2-6,10-12H2,1H3/t15-,16+,17+,18+/m1/s1. The molecule has 7 heteroatoms. The van der Waals surface area contributed by atoms with Gasteiger partial charge in [-0.3, -0.25) is 4.90 Å². The second-order valence-electron chi connectivity index (χ2n) is 8.41. The molecular weight excluding hydrogens is 340 g/mol. The smallest absolute Gasteiger partial charge is 0.158 e. The molecule has 2 bridgehead atoms. The van der Waals surface area contributed by atoms with Crippen LogP contribution in [0.5, 0.6) is 0 Å². The SMILES string of the molecule is Cc1cnn(-c2cc(N3C[C@H]4C[C@@H](C3)[C@H](CO)N3CCCC[C@@H]43)ncn2)c1. The molecule has 0 spiro atoms. The Morgan fingerprint density at radius 3 is 2.81 bits per heavy atom. The third-order valence-corrected chi connectivity index (χ3v) is 6.72. The highest BCUT2D eigenvalue weighted by Gasteiger charge is 2.47. The predicted molar refractivity (Wildman–Crippen MR) is 103 cm³/mol. The summed E-state index contributed by atoms with van der Waals surface area (Å²) in [4.78, 5) is 14.0. The van der Waals surface area contributed by atoms with Crippen molar-refractivity contribution in [3.8, 4) is 5.82 Å². The van der Waals surface area contributed by atoms with E-state index >= 15 is 0 Å². The molecule has 1 N–H and O–H groups in total. The summed E-state index contributed by atoms with van der Waals surface area (Å²) < 4.78 is 1.81. The maximum Gasteiger partial charge on any atom is 0.158 e.